The van der Waals surface area contributed by atoms with E-state index in [2.05, 4.69) is 4.98 Å². The van der Waals surface area contributed by atoms with Crippen LogP contribution in [0.25, 0.3) is 10.9 Å². The lowest BCUT2D eigenvalue weighted by molar-refractivity contribution is -0.141. The third-order valence-corrected chi connectivity index (χ3v) is 3.85. The van der Waals surface area contributed by atoms with Crippen molar-refractivity contribution in [1.29, 1.82) is 0 Å². The number of H-pyrrole nitrogens is 1. The van der Waals surface area contributed by atoms with Crippen molar-refractivity contribution < 1.29 is 19.4 Å². The van der Waals surface area contributed by atoms with Crippen LogP contribution < -0.4 is 4.74 Å². The number of amides is 2. The van der Waals surface area contributed by atoms with Gasteiger partial charge < -0.3 is 14.8 Å². The summed E-state index contributed by atoms with van der Waals surface area (Å²) in [5.74, 6) is -0.0967. The van der Waals surface area contributed by atoms with Crippen molar-refractivity contribution >= 4 is 22.7 Å². The molecule has 6 nitrogen and oxygen atoms in total. The highest BCUT2D eigenvalue weighted by molar-refractivity contribution is 6.03. The SMILES string of the molecule is CC1CC(=O)N(CC(O)COc2cccc3[nH]ccc23)C1=O. The lowest BCUT2D eigenvalue weighted by atomic mass is 10.1. The second kappa shape index (κ2) is 5.81. The van der Waals surface area contributed by atoms with Gasteiger partial charge >= 0.3 is 0 Å². The van der Waals surface area contributed by atoms with Gasteiger partial charge in [0.15, 0.2) is 0 Å². The molecule has 1 saturated heterocycles. The Morgan fingerprint density at radius 1 is 1.41 bits per heavy atom. The number of aromatic amines is 1. The van der Waals surface area contributed by atoms with Crippen LogP contribution in [0.2, 0.25) is 0 Å². The summed E-state index contributed by atoms with van der Waals surface area (Å²) in [7, 11) is 0. The number of likely N-dealkylation sites (tertiary alicyclic amines) is 1. The summed E-state index contributed by atoms with van der Waals surface area (Å²) in [5.41, 5.74) is 0.950. The second-order valence-electron chi connectivity index (χ2n) is 5.61. The summed E-state index contributed by atoms with van der Waals surface area (Å²) < 4.78 is 5.63. The van der Waals surface area contributed by atoms with Crippen LogP contribution >= 0.6 is 0 Å². The molecule has 0 aliphatic carbocycles. The molecule has 6 heteroatoms. The van der Waals surface area contributed by atoms with Crippen molar-refractivity contribution in [2.75, 3.05) is 13.2 Å². The zero-order chi connectivity index (χ0) is 15.7. The normalized spacial score (nSPS) is 19.9. The number of carbonyl (C=O) groups is 2. The molecular weight excluding hydrogens is 284 g/mol. The van der Waals surface area contributed by atoms with Crippen molar-refractivity contribution in [3.8, 4) is 5.75 Å². The third-order valence-electron chi connectivity index (χ3n) is 3.85. The number of aliphatic hydroxyl groups excluding tert-OH is 1. The predicted molar refractivity (Wildman–Crippen MR) is 80.3 cm³/mol. The number of ether oxygens (including phenoxy) is 1. The molecular formula is C16H18N2O4. The van der Waals surface area contributed by atoms with Crippen LogP contribution in [0.5, 0.6) is 5.75 Å². The number of aliphatic hydroxyl groups is 1. The molecule has 2 atom stereocenters. The lowest BCUT2D eigenvalue weighted by Crippen LogP contribution is -2.39. The quantitative estimate of drug-likeness (QED) is 0.816. The number of imide groups is 1. The monoisotopic (exact) mass is 302 g/mol. The molecule has 2 N–H and O–H groups in total. The number of rotatable bonds is 5. The van der Waals surface area contributed by atoms with Crippen molar-refractivity contribution in [3.05, 3.63) is 30.5 Å². The van der Waals surface area contributed by atoms with Gasteiger partial charge in [-0.25, -0.2) is 0 Å². The molecule has 1 aliphatic rings. The minimum absolute atomic E-state index is 0.0227. The first-order chi connectivity index (χ1) is 10.6. The molecule has 0 saturated carbocycles. The molecule has 22 heavy (non-hydrogen) atoms. The highest BCUT2D eigenvalue weighted by Gasteiger charge is 2.36. The van der Waals surface area contributed by atoms with Gasteiger partial charge in [0, 0.05) is 29.4 Å². The molecule has 0 bridgehead atoms. The number of fused-ring (bicyclic) bond motifs is 1. The number of hydrogen-bond acceptors (Lipinski definition) is 4. The molecule has 116 valence electrons. The molecule has 2 amide bonds. The van der Waals surface area contributed by atoms with Crippen LogP contribution in [-0.2, 0) is 9.59 Å². The van der Waals surface area contributed by atoms with E-state index in [1.807, 2.05) is 30.5 Å². The zero-order valence-electron chi connectivity index (χ0n) is 12.3. The number of nitrogens with zero attached hydrogens (tertiary/aromatic N) is 1. The predicted octanol–water partition coefficient (Wildman–Crippen LogP) is 1.30. The molecule has 3 rings (SSSR count). The van der Waals surface area contributed by atoms with E-state index in [0.29, 0.717) is 5.75 Å². The molecule has 2 heterocycles. The number of nitrogens with one attached hydrogen (secondary N) is 1. The summed E-state index contributed by atoms with van der Waals surface area (Å²) in [6, 6.07) is 7.50. The Morgan fingerprint density at radius 3 is 2.95 bits per heavy atom. The fraction of sp³-hybridized carbons (Fsp3) is 0.375. The third kappa shape index (κ3) is 2.69. The largest absolute Gasteiger partial charge is 0.490 e. The highest BCUT2D eigenvalue weighted by Crippen LogP contribution is 2.25. The van der Waals surface area contributed by atoms with E-state index in [0.717, 1.165) is 15.8 Å². The molecule has 2 unspecified atom stereocenters. The summed E-state index contributed by atoms with van der Waals surface area (Å²) in [6.45, 7) is 1.72. The molecule has 0 spiro atoms. The minimum Gasteiger partial charge on any atom is -0.490 e. The molecule has 2 aromatic rings. The number of carbonyl (C=O) groups excluding carboxylic acids is 2. The fourth-order valence-corrected chi connectivity index (χ4v) is 2.67. The first kappa shape index (κ1) is 14.6. The van der Waals surface area contributed by atoms with Gasteiger partial charge in [0.05, 0.1) is 6.54 Å². The van der Waals surface area contributed by atoms with E-state index < -0.39 is 6.10 Å². The Balaban J connectivity index is 1.61. The average molecular weight is 302 g/mol. The summed E-state index contributed by atoms with van der Waals surface area (Å²) >= 11 is 0. The maximum absolute atomic E-state index is 11.8. The van der Waals surface area contributed by atoms with Crippen molar-refractivity contribution in [2.24, 2.45) is 5.92 Å². The first-order valence-corrected chi connectivity index (χ1v) is 7.27. The van der Waals surface area contributed by atoms with Gasteiger partial charge in [-0.3, -0.25) is 14.5 Å². The van der Waals surface area contributed by atoms with Crippen LogP contribution in [0.1, 0.15) is 13.3 Å². The van der Waals surface area contributed by atoms with E-state index >= 15 is 0 Å². The topological polar surface area (TPSA) is 82.6 Å². The Labute approximate surface area is 127 Å². The van der Waals surface area contributed by atoms with Crippen molar-refractivity contribution in [3.63, 3.8) is 0 Å². The fourth-order valence-electron chi connectivity index (χ4n) is 2.67. The number of hydrogen-bond donors (Lipinski definition) is 2. The maximum Gasteiger partial charge on any atom is 0.232 e. The smallest absolute Gasteiger partial charge is 0.232 e. The Morgan fingerprint density at radius 2 is 2.23 bits per heavy atom. The summed E-state index contributed by atoms with van der Waals surface area (Å²) in [6.07, 6.45) is 1.12. The molecule has 1 aromatic carbocycles. The van der Waals surface area contributed by atoms with E-state index in [-0.39, 0.29) is 37.3 Å². The number of β-amino-alcohol motifs (C(OH)–C–C–N with tert-alkyl or cyclic N) is 1. The van der Waals surface area contributed by atoms with E-state index in [9.17, 15) is 14.7 Å². The Hall–Kier alpha value is -2.34. The molecule has 0 radical (unpaired) electrons. The van der Waals surface area contributed by atoms with Gasteiger partial charge in [-0.15, -0.1) is 0 Å². The maximum atomic E-state index is 11.8. The molecule has 1 aromatic heterocycles. The van der Waals surface area contributed by atoms with Crippen LogP contribution in [0, 0.1) is 5.92 Å². The van der Waals surface area contributed by atoms with Gasteiger partial charge in [0.2, 0.25) is 11.8 Å². The van der Waals surface area contributed by atoms with Gasteiger partial charge in [-0.1, -0.05) is 13.0 Å². The highest BCUT2D eigenvalue weighted by atomic mass is 16.5. The first-order valence-electron chi connectivity index (χ1n) is 7.27. The molecule has 1 fully saturated rings. The standard InChI is InChI=1S/C16H18N2O4/c1-10-7-15(20)18(16(10)21)8-11(19)9-22-14-4-2-3-13-12(14)5-6-17-13/h2-6,10-11,17,19H,7-9H2,1H3. The molecule has 1 aliphatic heterocycles. The van der Waals surface area contributed by atoms with Gasteiger partial charge in [0.1, 0.15) is 18.5 Å². The van der Waals surface area contributed by atoms with Crippen LogP contribution in [0.3, 0.4) is 0 Å². The average Bonchev–Trinajstić information content (AvgIpc) is 3.06. The van der Waals surface area contributed by atoms with Crippen LogP contribution in [0.15, 0.2) is 30.5 Å². The van der Waals surface area contributed by atoms with Crippen molar-refractivity contribution in [1.82, 2.24) is 9.88 Å². The van der Waals surface area contributed by atoms with Crippen LogP contribution in [0.4, 0.5) is 0 Å². The lowest BCUT2D eigenvalue weighted by Gasteiger charge is -2.19. The summed E-state index contributed by atoms with van der Waals surface area (Å²) in [5, 5.41) is 11.0. The Kier molecular flexibility index (Phi) is 3.85. The number of aromatic nitrogens is 1. The van der Waals surface area contributed by atoms with E-state index in [1.165, 1.54) is 0 Å². The Bertz CT molecular complexity index is 709. The van der Waals surface area contributed by atoms with E-state index in [4.69, 9.17) is 4.74 Å². The second-order valence-corrected chi connectivity index (χ2v) is 5.61. The van der Waals surface area contributed by atoms with Crippen LogP contribution in [-0.4, -0.2) is 46.1 Å². The zero-order valence-corrected chi connectivity index (χ0v) is 12.3. The van der Waals surface area contributed by atoms with E-state index in [1.54, 1.807) is 6.92 Å². The summed E-state index contributed by atoms with van der Waals surface area (Å²) in [4.78, 5) is 27.7. The van der Waals surface area contributed by atoms with Gasteiger partial charge in [-0.05, 0) is 18.2 Å². The van der Waals surface area contributed by atoms with Gasteiger partial charge in [0.25, 0.3) is 0 Å². The van der Waals surface area contributed by atoms with Crippen molar-refractivity contribution in [2.45, 2.75) is 19.4 Å². The van der Waals surface area contributed by atoms with Gasteiger partial charge in [-0.2, -0.15) is 0 Å². The number of benzene rings is 1. The minimum atomic E-state index is -0.910.